The molecule has 0 aliphatic heterocycles. The predicted molar refractivity (Wildman–Crippen MR) is 198 cm³/mol. The predicted octanol–water partition coefficient (Wildman–Crippen LogP) is 8.82. The van der Waals surface area contributed by atoms with Crippen molar-refractivity contribution in [3.05, 3.63) is 96.3 Å². The minimum absolute atomic E-state index is 0.0777. The molecule has 5 N–H and O–H groups in total. The summed E-state index contributed by atoms with van der Waals surface area (Å²) in [7, 11) is 0. The van der Waals surface area contributed by atoms with Crippen LogP contribution in [0.5, 0.6) is 34.8 Å². The monoisotopic (exact) mass is 758 g/mol. The molecule has 2 aromatic carbocycles. The minimum atomic E-state index is -5.08. The summed E-state index contributed by atoms with van der Waals surface area (Å²) in [6.45, 7) is 11.7. The molecule has 54 heavy (non-hydrogen) atoms. The van der Waals surface area contributed by atoms with Gasteiger partial charge in [-0.3, -0.25) is 0 Å². The Kier molecular flexibility index (Phi) is 18.6. The van der Waals surface area contributed by atoms with Crippen LogP contribution in [-0.4, -0.2) is 62.7 Å². The molecule has 2 atom stereocenters. The number of nitrogens with two attached hydrogens (primary N) is 1. The van der Waals surface area contributed by atoms with E-state index in [0.29, 0.717) is 23.3 Å². The number of rotatable bonds is 15. The average molecular weight is 759 g/mol. The van der Waals surface area contributed by atoms with Crippen LogP contribution in [0.2, 0.25) is 0 Å². The van der Waals surface area contributed by atoms with Crippen molar-refractivity contribution in [3.8, 4) is 34.8 Å². The van der Waals surface area contributed by atoms with E-state index in [0.717, 1.165) is 42.7 Å². The molecule has 12 nitrogen and oxygen atoms in total. The molecule has 4 rings (SSSR count). The van der Waals surface area contributed by atoms with Gasteiger partial charge in [-0.1, -0.05) is 24.3 Å². The number of hydrogen-bond donors (Lipinski definition) is 4. The van der Waals surface area contributed by atoms with Gasteiger partial charge in [0, 0.05) is 24.2 Å². The lowest BCUT2D eigenvalue weighted by atomic mass is 10.1. The van der Waals surface area contributed by atoms with Gasteiger partial charge in [0.15, 0.2) is 0 Å². The first-order valence-electron chi connectivity index (χ1n) is 17.2. The lowest BCUT2D eigenvalue weighted by Crippen LogP contribution is -2.31. The zero-order valence-corrected chi connectivity index (χ0v) is 31.2. The van der Waals surface area contributed by atoms with Gasteiger partial charge < -0.3 is 40.2 Å². The molecule has 2 heterocycles. The Balaban J connectivity index is 0.000000320. The van der Waals surface area contributed by atoms with E-state index in [1.165, 1.54) is 5.56 Å². The lowest BCUT2D eigenvalue weighted by molar-refractivity contribution is -0.192. The number of pyridine rings is 2. The number of carbonyl (C=O) groups is 2. The highest BCUT2D eigenvalue weighted by molar-refractivity contribution is 5.73. The summed E-state index contributed by atoms with van der Waals surface area (Å²) >= 11 is 0. The molecule has 0 spiro atoms. The third kappa shape index (κ3) is 19.3. The summed E-state index contributed by atoms with van der Waals surface area (Å²) in [5.41, 5.74) is 8.17. The number of alkyl halides is 3. The molecule has 15 heteroatoms. The molecular formula is C39H49F3N4O8. The first kappa shape index (κ1) is 44.6. The normalized spacial score (nSPS) is 11.9. The molecule has 0 bridgehead atoms. The van der Waals surface area contributed by atoms with Crippen molar-refractivity contribution in [1.29, 1.82) is 0 Å². The van der Waals surface area contributed by atoms with E-state index in [1.807, 2.05) is 96.1 Å². The number of carboxylic acid groups (broad SMARTS) is 2. The standard InChI is InChI=1S/C19H24N2O4.C18H24N2O2.C2HF3O2/c1-13(2)24-18-11-10-17(12-20-18)25-16-8-6-15(7-9-16)5-4-14(3)21-19(22)23;1-13(2)21-18-11-10-17(12-20-18)22-16-8-6-15(7-9-16)5-4-14(3)19;3-2(4,5)1(6)7/h6-14,21H,4-5H2,1-3H3,(H,22,23);6-14H,4-5,19H2,1-3H3;(H,6,7). The maximum absolute atomic E-state index is 10.6. The Morgan fingerprint density at radius 3 is 1.33 bits per heavy atom. The van der Waals surface area contributed by atoms with Gasteiger partial charge in [0.1, 0.15) is 23.0 Å². The Labute approximate surface area is 313 Å². The minimum Gasteiger partial charge on any atom is -0.475 e. The number of aromatic nitrogens is 2. The zero-order chi connectivity index (χ0) is 40.3. The zero-order valence-electron chi connectivity index (χ0n) is 31.2. The summed E-state index contributed by atoms with van der Waals surface area (Å²) < 4.78 is 54.3. The molecule has 2 unspecified atom stereocenters. The molecule has 1 amide bonds. The van der Waals surface area contributed by atoms with Crippen molar-refractivity contribution in [3.63, 3.8) is 0 Å². The Morgan fingerprint density at radius 1 is 0.667 bits per heavy atom. The highest BCUT2D eigenvalue weighted by Gasteiger charge is 2.38. The fourth-order valence-electron chi connectivity index (χ4n) is 4.26. The van der Waals surface area contributed by atoms with Crippen LogP contribution in [-0.2, 0) is 17.6 Å². The molecule has 2 aromatic heterocycles. The molecule has 4 aromatic rings. The molecular weight excluding hydrogens is 709 g/mol. The summed E-state index contributed by atoms with van der Waals surface area (Å²) in [6.07, 6.45) is 0.936. The van der Waals surface area contributed by atoms with Crippen molar-refractivity contribution >= 4 is 12.1 Å². The van der Waals surface area contributed by atoms with Crippen molar-refractivity contribution in [2.75, 3.05) is 0 Å². The topological polar surface area (TPSA) is 175 Å². The van der Waals surface area contributed by atoms with Crippen LogP contribution in [0.4, 0.5) is 18.0 Å². The number of nitrogens with one attached hydrogen (secondary N) is 1. The molecule has 0 fully saturated rings. The number of ether oxygens (including phenoxy) is 4. The number of halogens is 3. The van der Waals surface area contributed by atoms with Crippen molar-refractivity contribution < 1.29 is 51.9 Å². The maximum Gasteiger partial charge on any atom is 0.490 e. The van der Waals surface area contributed by atoms with Gasteiger partial charge in [-0.05, 0) is 115 Å². The first-order chi connectivity index (χ1) is 25.4. The highest BCUT2D eigenvalue weighted by Crippen LogP contribution is 2.25. The van der Waals surface area contributed by atoms with Crippen LogP contribution < -0.4 is 30.0 Å². The molecule has 0 aliphatic rings. The number of aliphatic carboxylic acids is 1. The third-order valence-corrected chi connectivity index (χ3v) is 6.82. The lowest BCUT2D eigenvalue weighted by Gasteiger charge is -2.12. The van der Waals surface area contributed by atoms with Gasteiger partial charge in [0.25, 0.3) is 0 Å². The van der Waals surface area contributed by atoms with E-state index in [4.69, 9.17) is 39.7 Å². The van der Waals surface area contributed by atoms with Crippen LogP contribution in [0.15, 0.2) is 85.2 Å². The molecule has 0 aliphatic carbocycles. The van der Waals surface area contributed by atoms with E-state index in [2.05, 4.69) is 27.4 Å². The van der Waals surface area contributed by atoms with Crippen molar-refractivity contribution in [2.24, 2.45) is 5.73 Å². The second-order valence-electron chi connectivity index (χ2n) is 12.7. The summed E-state index contributed by atoms with van der Waals surface area (Å²) in [4.78, 5) is 27.9. The van der Waals surface area contributed by atoms with Crippen molar-refractivity contribution in [1.82, 2.24) is 15.3 Å². The fraction of sp³-hybridized carbons (Fsp3) is 0.385. The largest absolute Gasteiger partial charge is 0.490 e. The quantitative estimate of drug-likeness (QED) is 0.0912. The van der Waals surface area contributed by atoms with E-state index >= 15 is 0 Å². The Hall–Kier alpha value is -5.57. The van der Waals surface area contributed by atoms with Gasteiger partial charge in [0.05, 0.1) is 24.6 Å². The smallest absolute Gasteiger partial charge is 0.475 e. The van der Waals surface area contributed by atoms with E-state index in [9.17, 15) is 18.0 Å². The average Bonchev–Trinajstić information content (AvgIpc) is 3.09. The number of amides is 1. The number of aryl methyl sites for hydroxylation is 2. The summed E-state index contributed by atoms with van der Waals surface area (Å²) in [5, 5.41) is 18.2. The number of carboxylic acids is 1. The molecule has 294 valence electrons. The van der Waals surface area contributed by atoms with Crippen LogP contribution in [0.3, 0.4) is 0 Å². The number of hydrogen-bond acceptors (Lipinski definition) is 9. The first-order valence-corrected chi connectivity index (χ1v) is 17.2. The summed E-state index contributed by atoms with van der Waals surface area (Å²) in [5.74, 6) is 1.27. The van der Waals surface area contributed by atoms with Crippen LogP contribution in [0, 0.1) is 0 Å². The molecule has 0 saturated heterocycles. The SMILES string of the molecule is CC(CCc1ccc(Oc2ccc(OC(C)C)nc2)cc1)NC(=O)O.CC(N)CCc1ccc(Oc2ccc(OC(C)C)nc2)cc1.O=C(O)C(F)(F)F. The Bertz CT molecular complexity index is 1670. The highest BCUT2D eigenvalue weighted by atomic mass is 19.4. The van der Waals surface area contributed by atoms with Gasteiger partial charge >= 0.3 is 18.2 Å². The fourth-order valence-corrected chi connectivity index (χ4v) is 4.26. The summed E-state index contributed by atoms with van der Waals surface area (Å²) in [6, 6.07) is 23.2. The van der Waals surface area contributed by atoms with Crippen LogP contribution in [0.1, 0.15) is 65.5 Å². The van der Waals surface area contributed by atoms with Crippen LogP contribution >= 0.6 is 0 Å². The van der Waals surface area contributed by atoms with Gasteiger partial charge in [-0.15, -0.1) is 0 Å². The third-order valence-electron chi connectivity index (χ3n) is 6.82. The van der Waals surface area contributed by atoms with E-state index < -0.39 is 18.2 Å². The van der Waals surface area contributed by atoms with E-state index in [1.54, 1.807) is 18.5 Å². The molecule has 0 radical (unpaired) electrons. The number of nitrogens with zero attached hydrogens (tertiary/aromatic N) is 2. The Morgan fingerprint density at radius 2 is 1.04 bits per heavy atom. The number of benzene rings is 2. The van der Waals surface area contributed by atoms with E-state index in [-0.39, 0.29) is 24.3 Å². The van der Waals surface area contributed by atoms with Gasteiger partial charge in [-0.2, -0.15) is 13.2 Å². The second-order valence-corrected chi connectivity index (χ2v) is 12.7. The van der Waals surface area contributed by atoms with Gasteiger partial charge in [-0.25, -0.2) is 19.6 Å². The second kappa shape index (κ2) is 22.5. The van der Waals surface area contributed by atoms with Gasteiger partial charge in [0.2, 0.25) is 11.8 Å². The van der Waals surface area contributed by atoms with Crippen molar-refractivity contribution in [2.45, 2.75) is 97.7 Å². The maximum atomic E-state index is 10.6. The molecule has 0 saturated carbocycles. The van der Waals surface area contributed by atoms with Crippen LogP contribution in [0.25, 0.3) is 0 Å².